The minimum absolute atomic E-state index is 0.0480. The summed E-state index contributed by atoms with van der Waals surface area (Å²) in [6, 6.07) is 15.7. The predicted octanol–water partition coefficient (Wildman–Crippen LogP) is 2.64. The molecule has 0 bridgehead atoms. The van der Waals surface area contributed by atoms with Crippen molar-refractivity contribution in [3.05, 3.63) is 65.2 Å². The van der Waals surface area contributed by atoms with Crippen LogP contribution in [0.3, 0.4) is 0 Å². The van der Waals surface area contributed by atoms with Crippen molar-refractivity contribution >= 4 is 11.6 Å². The number of nitrogens with one attached hydrogen (secondary N) is 2. The monoisotopic (exact) mass is 283 g/mol. The number of hydrogen-bond acceptors (Lipinski definition) is 3. The van der Waals surface area contributed by atoms with Crippen molar-refractivity contribution in [2.24, 2.45) is 5.84 Å². The molecule has 0 aliphatic rings. The summed E-state index contributed by atoms with van der Waals surface area (Å²) in [4.78, 5) is 12.3. The van der Waals surface area contributed by atoms with Crippen LogP contribution in [-0.4, -0.2) is 11.9 Å². The van der Waals surface area contributed by atoms with Gasteiger partial charge in [0.25, 0.3) is 5.91 Å². The molecular weight excluding hydrogens is 262 g/mol. The third kappa shape index (κ3) is 4.07. The van der Waals surface area contributed by atoms with Crippen molar-refractivity contribution in [3.8, 4) is 0 Å². The second kappa shape index (κ2) is 6.90. The summed E-state index contributed by atoms with van der Waals surface area (Å²) >= 11 is 0. The van der Waals surface area contributed by atoms with E-state index in [1.165, 1.54) is 5.56 Å². The average molecular weight is 283 g/mol. The number of benzene rings is 2. The number of amides is 1. The highest BCUT2D eigenvalue weighted by Crippen LogP contribution is 2.16. The smallest absolute Gasteiger partial charge is 0.253 e. The molecule has 1 unspecified atom stereocenters. The van der Waals surface area contributed by atoms with Gasteiger partial charge in [-0.25, -0.2) is 0 Å². The molecule has 4 heteroatoms. The van der Waals surface area contributed by atoms with Gasteiger partial charge in [0, 0.05) is 6.04 Å². The van der Waals surface area contributed by atoms with Gasteiger partial charge in [0.15, 0.2) is 0 Å². The Morgan fingerprint density at radius 2 is 1.90 bits per heavy atom. The Balaban J connectivity index is 2.04. The molecule has 2 aromatic carbocycles. The summed E-state index contributed by atoms with van der Waals surface area (Å²) in [5, 5.41) is 3.00. The van der Waals surface area contributed by atoms with Crippen LogP contribution < -0.4 is 16.6 Å². The zero-order chi connectivity index (χ0) is 15.2. The number of carbonyl (C=O) groups excluding carboxylic acids is 1. The molecule has 0 radical (unpaired) electrons. The Bertz CT molecular complexity index is 611. The molecule has 0 fully saturated rings. The van der Waals surface area contributed by atoms with Gasteiger partial charge in [-0.1, -0.05) is 36.4 Å². The van der Waals surface area contributed by atoms with Crippen LogP contribution in [0.2, 0.25) is 0 Å². The van der Waals surface area contributed by atoms with E-state index in [1.54, 1.807) is 6.07 Å². The normalized spacial score (nSPS) is 11.8. The molecule has 0 heterocycles. The molecule has 4 nitrogen and oxygen atoms in total. The molecule has 4 N–H and O–H groups in total. The number of rotatable bonds is 5. The molecule has 21 heavy (non-hydrogen) atoms. The Kier molecular flexibility index (Phi) is 4.95. The average Bonchev–Trinajstić information content (AvgIpc) is 2.47. The second-order valence-corrected chi connectivity index (χ2v) is 5.26. The van der Waals surface area contributed by atoms with E-state index in [0.717, 1.165) is 12.0 Å². The first kappa shape index (κ1) is 15.1. The minimum atomic E-state index is -0.119. The van der Waals surface area contributed by atoms with Crippen molar-refractivity contribution in [2.75, 3.05) is 5.43 Å². The fraction of sp³-hybridized carbons (Fsp3) is 0.235. The first-order valence-corrected chi connectivity index (χ1v) is 7.02. The molecule has 0 aliphatic carbocycles. The summed E-state index contributed by atoms with van der Waals surface area (Å²) in [6.07, 6.45) is 0.795. The predicted molar refractivity (Wildman–Crippen MR) is 86.1 cm³/mol. The first-order chi connectivity index (χ1) is 10.1. The maximum absolute atomic E-state index is 12.3. The maximum Gasteiger partial charge on any atom is 0.253 e. The molecule has 2 rings (SSSR count). The van der Waals surface area contributed by atoms with Crippen molar-refractivity contribution < 1.29 is 4.79 Å². The van der Waals surface area contributed by atoms with E-state index >= 15 is 0 Å². The third-order valence-electron chi connectivity index (χ3n) is 3.34. The lowest BCUT2D eigenvalue weighted by atomic mass is 10.1. The van der Waals surface area contributed by atoms with Crippen molar-refractivity contribution in [1.29, 1.82) is 0 Å². The Morgan fingerprint density at radius 1 is 1.19 bits per heavy atom. The number of nitrogens with two attached hydrogens (primary N) is 1. The van der Waals surface area contributed by atoms with Crippen LogP contribution in [0.25, 0.3) is 0 Å². The van der Waals surface area contributed by atoms with Gasteiger partial charge in [-0.15, -0.1) is 0 Å². The second-order valence-electron chi connectivity index (χ2n) is 5.26. The molecular formula is C17H21N3O. The van der Waals surface area contributed by atoms with Crippen LogP contribution in [0.1, 0.15) is 28.4 Å². The highest BCUT2D eigenvalue weighted by atomic mass is 16.1. The summed E-state index contributed by atoms with van der Waals surface area (Å²) < 4.78 is 0. The molecule has 0 spiro atoms. The van der Waals surface area contributed by atoms with E-state index in [1.807, 2.05) is 44.2 Å². The van der Waals surface area contributed by atoms with E-state index in [0.29, 0.717) is 11.3 Å². The van der Waals surface area contributed by atoms with Crippen LogP contribution in [0.15, 0.2) is 48.5 Å². The molecule has 0 saturated heterocycles. The first-order valence-electron chi connectivity index (χ1n) is 7.02. The Labute approximate surface area is 125 Å². The zero-order valence-electron chi connectivity index (χ0n) is 12.4. The van der Waals surface area contributed by atoms with Crippen molar-refractivity contribution in [3.63, 3.8) is 0 Å². The van der Waals surface area contributed by atoms with Gasteiger partial charge in [-0.3, -0.25) is 10.6 Å². The zero-order valence-corrected chi connectivity index (χ0v) is 12.4. The van der Waals surface area contributed by atoms with E-state index in [9.17, 15) is 4.79 Å². The quantitative estimate of drug-likeness (QED) is 0.584. The fourth-order valence-corrected chi connectivity index (χ4v) is 2.30. The standard InChI is InChI=1S/C17H21N3O/c1-12-8-9-15(16(10-12)20-18)17(21)19-13(2)11-14-6-4-3-5-7-14/h3-10,13,20H,11,18H2,1-2H3,(H,19,21). The van der Waals surface area contributed by atoms with Gasteiger partial charge >= 0.3 is 0 Å². The number of hydrazine groups is 1. The van der Waals surface area contributed by atoms with Gasteiger partial charge < -0.3 is 10.7 Å². The highest BCUT2D eigenvalue weighted by molar-refractivity contribution is 5.99. The largest absolute Gasteiger partial charge is 0.349 e. The van der Waals surface area contributed by atoms with Crippen LogP contribution in [-0.2, 0) is 6.42 Å². The lowest BCUT2D eigenvalue weighted by Crippen LogP contribution is -2.34. The van der Waals surface area contributed by atoms with Crippen molar-refractivity contribution in [1.82, 2.24) is 5.32 Å². The van der Waals surface area contributed by atoms with Gasteiger partial charge in [-0.05, 0) is 43.5 Å². The van der Waals surface area contributed by atoms with Crippen LogP contribution >= 0.6 is 0 Å². The molecule has 2 aromatic rings. The van der Waals surface area contributed by atoms with Crippen LogP contribution in [0.4, 0.5) is 5.69 Å². The van der Waals surface area contributed by atoms with Gasteiger partial charge in [0.2, 0.25) is 0 Å². The molecule has 110 valence electrons. The number of carbonyl (C=O) groups is 1. The number of anilines is 1. The SMILES string of the molecule is Cc1ccc(C(=O)NC(C)Cc2ccccc2)c(NN)c1. The van der Waals surface area contributed by atoms with Gasteiger partial charge in [0.05, 0.1) is 11.3 Å². The third-order valence-corrected chi connectivity index (χ3v) is 3.34. The lowest BCUT2D eigenvalue weighted by molar-refractivity contribution is 0.0941. The minimum Gasteiger partial charge on any atom is -0.349 e. The highest BCUT2D eigenvalue weighted by Gasteiger charge is 2.13. The molecule has 0 saturated carbocycles. The molecule has 1 atom stereocenters. The number of hydrogen-bond donors (Lipinski definition) is 3. The van der Waals surface area contributed by atoms with Gasteiger partial charge in [0.1, 0.15) is 0 Å². The van der Waals surface area contributed by atoms with Gasteiger partial charge in [-0.2, -0.15) is 0 Å². The maximum atomic E-state index is 12.3. The lowest BCUT2D eigenvalue weighted by Gasteiger charge is -2.16. The molecule has 0 aromatic heterocycles. The number of aryl methyl sites for hydroxylation is 1. The molecule has 1 amide bonds. The summed E-state index contributed by atoms with van der Waals surface area (Å²) in [5.41, 5.74) is 6.03. The Hall–Kier alpha value is -2.33. The fourth-order valence-electron chi connectivity index (χ4n) is 2.30. The van der Waals surface area contributed by atoms with E-state index < -0.39 is 0 Å². The van der Waals surface area contributed by atoms with E-state index in [4.69, 9.17) is 5.84 Å². The molecule has 0 aliphatic heterocycles. The van der Waals surface area contributed by atoms with E-state index in [-0.39, 0.29) is 11.9 Å². The summed E-state index contributed by atoms with van der Waals surface area (Å²) in [7, 11) is 0. The van der Waals surface area contributed by atoms with Crippen LogP contribution in [0, 0.1) is 6.92 Å². The van der Waals surface area contributed by atoms with Crippen LogP contribution in [0.5, 0.6) is 0 Å². The van der Waals surface area contributed by atoms with E-state index in [2.05, 4.69) is 22.9 Å². The summed E-state index contributed by atoms with van der Waals surface area (Å²) in [5.74, 6) is 5.36. The topological polar surface area (TPSA) is 67.2 Å². The van der Waals surface area contributed by atoms with Crippen molar-refractivity contribution in [2.45, 2.75) is 26.3 Å². The number of nitrogen functional groups attached to an aromatic ring is 1. The Morgan fingerprint density at radius 3 is 2.57 bits per heavy atom. The summed E-state index contributed by atoms with van der Waals surface area (Å²) in [6.45, 7) is 3.95.